The van der Waals surface area contributed by atoms with Crippen molar-refractivity contribution in [2.24, 2.45) is 13.0 Å². The van der Waals surface area contributed by atoms with E-state index >= 15 is 0 Å². The Hall–Kier alpha value is -0.830. The van der Waals surface area contributed by atoms with Crippen LogP contribution in [0.2, 0.25) is 0 Å². The Morgan fingerprint density at radius 3 is 2.29 bits per heavy atom. The second-order valence-electron chi connectivity index (χ2n) is 4.47. The van der Waals surface area contributed by atoms with Crippen molar-refractivity contribution in [1.29, 1.82) is 0 Å². The van der Waals surface area contributed by atoms with E-state index < -0.39 is 0 Å². The fraction of sp³-hybridized carbons (Fsp3) is 0.727. The number of hydrogen-bond donors (Lipinski definition) is 1. The normalized spacial score (nSPS) is 13.9. The van der Waals surface area contributed by atoms with E-state index in [1.54, 1.807) is 0 Å². The van der Waals surface area contributed by atoms with Gasteiger partial charge < -0.3 is 9.88 Å². The zero-order valence-corrected chi connectivity index (χ0v) is 9.78. The molecular formula is C11H21N3. The maximum Gasteiger partial charge on any atom is 0.0946 e. The van der Waals surface area contributed by atoms with Crippen molar-refractivity contribution in [2.75, 3.05) is 0 Å². The van der Waals surface area contributed by atoms with Crippen molar-refractivity contribution in [3.8, 4) is 0 Å². The lowest BCUT2D eigenvalue weighted by atomic mass is 10.0. The van der Waals surface area contributed by atoms with Crippen LogP contribution in [0.15, 0.2) is 12.5 Å². The molecule has 1 atom stereocenters. The highest BCUT2D eigenvalue weighted by atomic mass is 15.1. The summed E-state index contributed by atoms with van der Waals surface area (Å²) in [4.78, 5) is 4.16. The molecule has 3 nitrogen and oxygen atoms in total. The highest BCUT2D eigenvalue weighted by Gasteiger charge is 2.18. The maximum atomic E-state index is 4.16. The number of aryl methyl sites for hydroxylation is 1. The van der Waals surface area contributed by atoms with Crippen molar-refractivity contribution in [1.82, 2.24) is 14.9 Å². The first-order valence-corrected chi connectivity index (χ1v) is 5.24. The van der Waals surface area contributed by atoms with Gasteiger partial charge in [-0.1, -0.05) is 27.7 Å². The first-order chi connectivity index (χ1) is 6.52. The minimum atomic E-state index is 0.391. The first-order valence-electron chi connectivity index (χ1n) is 5.24. The van der Waals surface area contributed by atoms with Gasteiger partial charge in [-0.2, -0.15) is 0 Å². The Morgan fingerprint density at radius 1 is 1.29 bits per heavy atom. The van der Waals surface area contributed by atoms with Crippen LogP contribution in [0.5, 0.6) is 0 Å². The van der Waals surface area contributed by atoms with Crippen molar-refractivity contribution >= 4 is 0 Å². The maximum absolute atomic E-state index is 4.16. The van der Waals surface area contributed by atoms with Gasteiger partial charge in [-0.3, -0.25) is 0 Å². The Labute approximate surface area is 86.5 Å². The molecule has 0 radical (unpaired) electrons. The molecule has 0 amide bonds. The molecular weight excluding hydrogens is 174 g/mol. The summed E-state index contributed by atoms with van der Waals surface area (Å²) in [5.74, 6) is 0.577. The van der Waals surface area contributed by atoms with Gasteiger partial charge in [0.25, 0.3) is 0 Å². The second-order valence-corrected chi connectivity index (χ2v) is 4.47. The van der Waals surface area contributed by atoms with Gasteiger partial charge in [0.2, 0.25) is 0 Å². The van der Waals surface area contributed by atoms with Gasteiger partial charge >= 0.3 is 0 Å². The largest absolute Gasteiger partial charge is 0.336 e. The summed E-state index contributed by atoms with van der Waals surface area (Å²) in [6.07, 6.45) is 3.80. The van der Waals surface area contributed by atoms with Crippen LogP contribution in [0.3, 0.4) is 0 Å². The smallest absolute Gasteiger partial charge is 0.0946 e. The van der Waals surface area contributed by atoms with Crippen LogP contribution in [0.25, 0.3) is 0 Å². The standard InChI is InChI=1S/C11H21N3/c1-8(2)11(13-9(3)4)10-6-12-7-14(10)5/h6-9,11,13H,1-5H3/t11-/m1/s1. The summed E-state index contributed by atoms with van der Waals surface area (Å²) < 4.78 is 2.08. The predicted octanol–water partition coefficient (Wildman–Crippen LogP) is 2.12. The third-order valence-corrected chi connectivity index (χ3v) is 2.35. The first kappa shape index (κ1) is 11.2. The minimum absolute atomic E-state index is 0.391. The molecule has 0 bridgehead atoms. The molecule has 3 heteroatoms. The van der Waals surface area contributed by atoms with E-state index in [0.29, 0.717) is 18.0 Å². The quantitative estimate of drug-likeness (QED) is 0.797. The lowest BCUT2D eigenvalue weighted by Crippen LogP contribution is -2.32. The van der Waals surface area contributed by atoms with E-state index in [1.807, 2.05) is 19.6 Å². The van der Waals surface area contributed by atoms with Crippen LogP contribution < -0.4 is 5.32 Å². The van der Waals surface area contributed by atoms with Gasteiger partial charge in [0.15, 0.2) is 0 Å². The van der Waals surface area contributed by atoms with Crippen LogP contribution >= 0.6 is 0 Å². The fourth-order valence-corrected chi connectivity index (χ4v) is 1.65. The Morgan fingerprint density at radius 2 is 1.93 bits per heavy atom. The summed E-state index contributed by atoms with van der Waals surface area (Å²) in [6.45, 7) is 8.80. The fourth-order valence-electron chi connectivity index (χ4n) is 1.65. The summed E-state index contributed by atoms with van der Waals surface area (Å²) in [7, 11) is 2.04. The van der Waals surface area contributed by atoms with Crippen LogP contribution in [0.4, 0.5) is 0 Å². The molecule has 1 rings (SSSR count). The Kier molecular flexibility index (Phi) is 3.69. The van der Waals surface area contributed by atoms with Crippen molar-refractivity contribution in [3.05, 3.63) is 18.2 Å². The zero-order chi connectivity index (χ0) is 10.7. The summed E-state index contributed by atoms with van der Waals surface area (Å²) >= 11 is 0. The van der Waals surface area contributed by atoms with Gasteiger partial charge in [0.05, 0.1) is 18.1 Å². The van der Waals surface area contributed by atoms with E-state index in [4.69, 9.17) is 0 Å². The van der Waals surface area contributed by atoms with Crippen molar-refractivity contribution < 1.29 is 0 Å². The van der Waals surface area contributed by atoms with Crippen molar-refractivity contribution in [3.63, 3.8) is 0 Å². The lowest BCUT2D eigenvalue weighted by Gasteiger charge is -2.25. The van der Waals surface area contributed by atoms with Crippen LogP contribution in [-0.4, -0.2) is 15.6 Å². The van der Waals surface area contributed by atoms with E-state index in [0.717, 1.165) is 0 Å². The number of imidazole rings is 1. The van der Waals surface area contributed by atoms with E-state index in [9.17, 15) is 0 Å². The summed E-state index contributed by atoms with van der Waals surface area (Å²) in [6, 6.07) is 0.889. The second kappa shape index (κ2) is 4.60. The minimum Gasteiger partial charge on any atom is -0.336 e. The van der Waals surface area contributed by atoms with Gasteiger partial charge in [0, 0.05) is 19.3 Å². The molecule has 14 heavy (non-hydrogen) atoms. The zero-order valence-electron chi connectivity index (χ0n) is 9.78. The summed E-state index contributed by atoms with van der Waals surface area (Å²) in [5.41, 5.74) is 1.26. The SMILES string of the molecule is CC(C)N[C@@H](c1cncn1C)C(C)C. The van der Waals surface area contributed by atoms with E-state index in [-0.39, 0.29) is 0 Å². The number of hydrogen-bond acceptors (Lipinski definition) is 2. The number of nitrogens with zero attached hydrogens (tertiary/aromatic N) is 2. The van der Waals surface area contributed by atoms with Crippen LogP contribution in [0, 0.1) is 5.92 Å². The van der Waals surface area contributed by atoms with Gasteiger partial charge in [-0.05, 0) is 5.92 Å². The van der Waals surface area contributed by atoms with E-state index in [1.165, 1.54) is 5.69 Å². The van der Waals surface area contributed by atoms with E-state index in [2.05, 4.69) is 42.6 Å². The molecule has 0 unspecified atom stereocenters. The number of nitrogens with one attached hydrogen (secondary N) is 1. The molecule has 0 aliphatic carbocycles. The van der Waals surface area contributed by atoms with Gasteiger partial charge in [0.1, 0.15) is 0 Å². The molecule has 0 saturated heterocycles. The highest BCUT2D eigenvalue weighted by molar-refractivity contribution is 5.06. The lowest BCUT2D eigenvalue weighted by molar-refractivity contribution is 0.367. The van der Waals surface area contributed by atoms with Crippen LogP contribution in [0.1, 0.15) is 39.4 Å². The summed E-state index contributed by atoms with van der Waals surface area (Å²) in [5, 5.41) is 3.56. The molecule has 1 N–H and O–H groups in total. The van der Waals surface area contributed by atoms with Crippen LogP contribution in [-0.2, 0) is 7.05 Å². The predicted molar refractivity (Wildman–Crippen MR) is 59.1 cm³/mol. The Balaban J connectivity index is 2.83. The molecule has 0 aromatic carbocycles. The molecule has 0 aliphatic heterocycles. The average molecular weight is 195 g/mol. The monoisotopic (exact) mass is 195 g/mol. The molecule has 0 spiro atoms. The third kappa shape index (κ3) is 2.58. The van der Waals surface area contributed by atoms with Crippen molar-refractivity contribution in [2.45, 2.75) is 39.8 Å². The van der Waals surface area contributed by atoms with Gasteiger partial charge in [-0.15, -0.1) is 0 Å². The molecule has 1 aromatic heterocycles. The molecule has 0 fully saturated rings. The number of rotatable bonds is 4. The molecule has 80 valence electrons. The molecule has 0 saturated carbocycles. The van der Waals surface area contributed by atoms with Gasteiger partial charge in [-0.25, -0.2) is 4.98 Å². The molecule has 0 aliphatic rings. The average Bonchev–Trinajstić information content (AvgIpc) is 2.46. The Bertz CT molecular complexity index is 276. The highest BCUT2D eigenvalue weighted by Crippen LogP contribution is 2.21. The topological polar surface area (TPSA) is 29.9 Å². The molecule has 1 aromatic rings. The number of aromatic nitrogens is 2. The molecule has 1 heterocycles. The third-order valence-electron chi connectivity index (χ3n) is 2.35.